The van der Waals surface area contributed by atoms with Gasteiger partial charge < -0.3 is 21.8 Å². The smallest absolute Gasteiger partial charge is 0.412 e. The first-order valence-electron chi connectivity index (χ1n) is 5.90. The van der Waals surface area contributed by atoms with Crippen LogP contribution in [0.15, 0.2) is 16.9 Å². The lowest BCUT2D eigenvalue weighted by Gasteiger charge is -2.38. The Balaban J connectivity index is 0.00000220. The Labute approximate surface area is 127 Å². The topological polar surface area (TPSA) is 166 Å². The molecule has 2 aliphatic rings. The Morgan fingerprint density at radius 1 is 1.57 bits per heavy atom. The number of nitrogens with zero attached hydrogens (tertiary/aromatic N) is 3. The zero-order valence-electron chi connectivity index (χ0n) is 11.3. The molecular weight excluding hydrogens is 322 g/mol. The fourth-order valence-electron chi connectivity index (χ4n) is 1.99. The maximum atomic E-state index is 10.7. The number of hydroxylamine groups is 2. The second-order valence-corrected chi connectivity index (χ2v) is 6.59. The first kappa shape index (κ1) is 18.0. The highest BCUT2D eigenvalue weighted by Gasteiger charge is 2.30. The van der Waals surface area contributed by atoms with Crippen LogP contribution in [0.25, 0.3) is 0 Å². The molecule has 1 saturated heterocycles. The monoisotopic (exact) mass is 341 g/mol. The zero-order chi connectivity index (χ0) is 14.9. The highest BCUT2D eigenvalue weighted by molar-refractivity contribution is 7.99. The van der Waals surface area contributed by atoms with Crippen LogP contribution in [0.4, 0.5) is 0 Å². The average molecular weight is 341 g/mol. The van der Waals surface area contributed by atoms with Gasteiger partial charge in [0.15, 0.2) is 0 Å². The normalized spacial score (nSPS) is 26.8. The molecule has 2 aliphatic heterocycles. The van der Waals surface area contributed by atoms with Crippen LogP contribution in [0, 0.1) is 0 Å². The molecule has 2 heterocycles. The van der Waals surface area contributed by atoms with E-state index in [0.717, 1.165) is 18.1 Å². The van der Waals surface area contributed by atoms with Crippen molar-refractivity contribution in [1.29, 1.82) is 0 Å². The highest BCUT2D eigenvalue weighted by Crippen LogP contribution is 2.23. The van der Waals surface area contributed by atoms with Gasteiger partial charge in [0.2, 0.25) is 5.96 Å². The molecule has 10 nitrogen and oxygen atoms in total. The number of nitrogens with two attached hydrogens (primary N) is 2. The van der Waals surface area contributed by atoms with Gasteiger partial charge in [-0.2, -0.15) is 30.2 Å². The molecule has 0 saturated carbocycles. The van der Waals surface area contributed by atoms with E-state index in [4.69, 9.17) is 16.0 Å². The molecule has 0 aliphatic carbocycles. The van der Waals surface area contributed by atoms with Crippen LogP contribution in [0.3, 0.4) is 0 Å². The van der Waals surface area contributed by atoms with Crippen LogP contribution in [0.2, 0.25) is 0 Å². The molecule has 0 spiro atoms. The molecule has 12 heteroatoms. The quantitative estimate of drug-likeness (QED) is 0.496. The van der Waals surface area contributed by atoms with Crippen molar-refractivity contribution in [2.45, 2.75) is 19.1 Å². The molecule has 0 aromatic heterocycles. The first-order valence-corrected chi connectivity index (χ1v) is 8.42. The van der Waals surface area contributed by atoms with Crippen LogP contribution < -0.4 is 11.5 Å². The third-order valence-corrected chi connectivity index (χ3v) is 4.42. The summed E-state index contributed by atoms with van der Waals surface area (Å²) in [5.41, 5.74) is 11.4. The summed E-state index contributed by atoms with van der Waals surface area (Å²) >= 11 is 1.85. The van der Waals surface area contributed by atoms with Crippen molar-refractivity contribution in [3.8, 4) is 0 Å². The van der Waals surface area contributed by atoms with Crippen LogP contribution in [0.5, 0.6) is 0 Å². The van der Waals surface area contributed by atoms with E-state index in [9.17, 15) is 8.42 Å². The van der Waals surface area contributed by atoms with Crippen molar-refractivity contribution in [2.75, 3.05) is 18.1 Å². The molecule has 0 aromatic rings. The van der Waals surface area contributed by atoms with E-state index >= 15 is 0 Å². The van der Waals surface area contributed by atoms with Gasteiger partial charge in [0.05, 0.1) is 0 Å². The maximum Gasteiger partial charge on any atom is 0.418 e. The summed E-state index contributed by atoms with van der Waals surface area (Å²) in [4.78, 5) is 6.14. The summed E-state index contributed by atoms with van der Waals surface area (Å²) in [5.74, 6) is 2.29. The maximum absolute atomic E-state index is 10.7. The SMILES string of the molecule is CC1CSCCN1C1=CC(N)N(OS(=O)(=O)O)C(N)=N1.O. The third kappa shape index (κ3) is 4.46. The van der Waals surface area contributed by atoms with Crippen molar-refractivity contribution >= 4 is 28.1 Å². The Hall–Kier alpha value is -1.05. The van der Waals surface area contributed by atoms with Gasteiger partial charge in [-0.05, 0) is 13.0 Å². The lowest BCUT2D eigenvalue weighted by atomic mass is 10.3. The number of guanidine groups is 1. The molecule has 2 unspecified atom stereocenters. The van der Waals surface area contributed by atoms with Gasteiger partial charge in [0.1, 0.15) is 12.0 Å². The molecule has 7 N–H and O–H groups in total. The van der Waals surface area contributed by atoms with Gasteiger partial charge >= 0.3 is 10.4 Å². The minimum Gasteiger partial charge on any atom is -0.412 e. The summed E-state index contributed by atoms with van der Waals surface area (Å²) < 4.78 is 34.4. The number of hydrogen-bond donors (Lipinski definition) is 3. The third-order valence-electron chi connectivity index (χ3n) is 2.88. The molecule has 2 rings (SSSR count). The lowest BCUT2D eigenvalue weighted by molar-refractivity contribution is -0.0134. The van der Waals surface area contributed by atoms with Crippen molar-refractivity contribution < 1.29 is 22.7 Å². The summed E-state index contributed by atoms with van der Waals surface area (Å²) in [6.45, 7) is 2.87. The van der Waals surface area contributed by atoms with Crippen LogP contribution >= 0.6 is 11.8 Å². The van der Waals surface area contributed by atoms with E-state index in [0.29, 0.717) is 10.9 Å². The zero-order valence-corrected chi connectivity index (χ0v) is 13.0. The molecular formula is C9H19N5O5S2. The molecule has 0 radical (unpaired) electrons. The lowest BCUT2D eigenvalue weighted by Crippen LogP contribution is -2.52. The minimum absolute atomic E-state index is 0. The molecule has 21 heavy (non-hydrogen) atoms. The van der Waals surface area contributed by atoms with Gasteiger partial charge in [0.25, 0.3) is 0 Å². The number of thioether (sulfide) groups is 1. The minimum atomic E-state index is -4.70. The predicted octanol–water partition coefficient (Wildman–Crippen LogP) is -1.91. The Morgan fingerprint density at radius 2 is 2.24 bits per heavy atom. The fraction of sp³-hybridized carbons (Fsp3) is 0.667. The standard InChI is InChI=1S/C9H17N5O4S2.H2O/c1-6-5-19-3-2-13(6)8-4-7(10)14(9(11)12-8)18-20(15,16)17;/h4,6-7H,2-3,5,10H2,1H3,(H2,11,12)(H,15,16,17);1H2. The summed E-state index contributed by atoms with van der Waals surface area (Å²) in [7, 11) is -4.70. The van der Waals surface area contributed by atoms with E-state index in [1.807, 2.05) is 16.7 Å². The summed E-state index contributed by atoms with van der Waals surface area (Å²) in [6, 6.07) is 0.276. The predicted molar refractivity (Wildman–Crippen MR) is 79.3 cm³/mol. The second-order valence-electron chi connectivity index (χ2n) is 4.43. The number of hydrogen-bond acceptors (Lipinski definition) is 9. The molecule has 2 atom stereocenters. The number of aliphatic imine (C=N–C) groups is 1. The van der Waals surface area contributed by atoms with Gasteiger partial charge in [-0.3, -0.25) is 4.55 Å². The van der Waals surface area contributed by atoms with E-state index in [2.05, 4.69) is 16.2 Å². The molecule has 122 valence electrons. The van der Waals surface area contributed by atoms with Crippen molar-refractivity contribution in [3.63, 3.8) is 0 Å². The van der Waals surface area contributed by atoms with E-state index < -0.39 is 16.6 Å². The Kier molecular flexibility index (Phi) is 5.83. The molecule has 0 aromatic carbocycles. The summed E-state index contributed by atoms with van der Waals surface area (Å²) in [5, 5.41) is 0.641. The van der Waals surface area contributed by atoms with Crippen molar-refractivity contribution in [2.24, 2.45) is 16.5 Å². The van der Waals surface area contributed by atoms with Gasteiger partial charge in [-0.15, -0.1) is 4.28 Å². The fourth-order valence-corrected chi connectivity index (χ4v) is 3.39. The highest BCUT2D eigenvalue weighted by atomic mass is 32.3. The largest absolute Gasteiger partial charge is 0.418 e. The molecule has 1 fully saturated rings. The average Bonchev–Trinajstić information content (AvgIpc) is 2.33. The van der Waals surface area contributed by atoms with E-state index in [1.54, 1.807) is 0 Å². The van der Waals surface area contributed by atoms with Gasteiger partial charge in [-0.1, -0.05) is 0 Å². The van der Waals surface area contributed by atoms with Gasteiger partial charge in [-0.25, -0.2) is 0 Å². The van der Waals surface area contributed by atoms with Crippen LogP contribution in [0.1, 0.15) is 6.92 Å². The van der Waals surface area contributed by atoms with Crippen molar-refractivity contribution in [1.82, 2.24) is 9.96 Å². The van der Waals surface area contributed by atoms with Crippen molar-refractivity contribution in [3.05, 3.63) is 11.9 Å². The molecule has 0 bridgehead atoms. The Morgan fingerprint density at radius 3 is 2.76 bits per heavy atom. The molecule has 0 amide bonds. The number of rotatable bonds is 3. The van der Waals surface area contributed by atoms with Gasteiger partial charge in [0, 0.05) is 24.1 Å². The summed E-state index contributed by atoms with van der Waals surface area (Å²) in [6.07, 6.45) is 0.583. The van der Waals surface area contributed by atoms with E-state index in [1.165, 1.54) is 6.08 Å². The second kappa shape index (κ2) is 6.81. The van der Waals surface area contributed by atoms with Crippen LogP contribution in [-0.4, -0.2) is 64.6 Å². The van der Waals surface area contributed by atoms with Crippen LogP contribution in [-0.2, 0) is 14.7 Å². The first-order chi connectivity index (χ1) is 9.28. The van der Waals surface area contributed by atoms with E-state index in [-0.39, 0.29) is 17.5 Å². The Bertz CT molecular complexity index is 537.